The minimum Gasteiger partial charge on any atom is -0.368 e. The first-order valence-corrected chi connectivity index (χ1v) is 8.82. The summed E-state index contributed by atoms with van der Waals surface area (Å²) in [6, 6.07) is 7.17. The highest BCUT2D eigenvalue weighted by Crippen LogP contribution is 2.19. The zero-order valence-electron chi connectivity index (χ0n) is 14.5. The molecule has 8 nitrogen and oxygen atoms in total. The van der Waals surface area contributed by atoms with Crippen LogP contribution in [0.5, 0.6) is 0 Å². The Labute approximate surface area is 156 Å². The van der Waals surface area contributed by atoms with E-state index in [4.69, 9.17) is 11.6 Å². The molecule has 26 heavy (non-hydrogen) atoms. The number of anilines is 1. The summed E-state index contributed by atoms with van der Waals surface area (Å²) in [6.07, 6.45) is 2.84. The van der Waals surface area contributed by atoms with Gasteiger partial charge >= 0.3 is 0 Å². The Bertz CT molecular complexity index is 741. The van der Waals surface area contributed by atoms with Crippen LogP contribution in [0.25, 0.3) is 0 Å². The fourth-order valence-corrected chi connectivity index (χ4v) is 2.95. The standard InChI is InChI=1S/C17H21ClN6O2/c1-13(24-12-19-11-21-24)17(26)20-10-16(25)23-8-6-22(7-9-23)15-4-2-14(18)3-5-15/h2-5,11-13H,6-10H2,1H3,(H,20,26). The van der Waals surface area contributed by atoms with Crippen LogP contribution in [0, 0.1) is 0 Å². The SMILES string of the molecule is CC(C(=O)NCC(=O)N1CCN(c2ccc(Cl)cc2)CC1)n1cncn1. The van der Waals surface area contributed by atoms with Gasteiger partial charge in [-0.1, -0.05) is 11.6 Å². The van der Waals surface area contributed by atoms with Crippen LogP contribution in [-0.2, 0) is 9.59 Å². The summed E-state index contributed by atoms with van der Waals surface area (Å²) in [5, 5.41) is 7.31. The molecule has 1 saturated heterocycles. The van der Waals surface area contributed by atoms with Crippen LogP contribution in [-0.4, -0.2) is 64.2 Å². The summed E-state index contributed by atoms with van der Waals surface area (Å²) in [6.45, 7) is 4.43. The van der Waals surface area contributed by atoms with Crippen molar-refractivity contribution in [2.45, 2.75) is 13.0 Å². The Morgan fingerprint density at radius 1 is 1.19 bits per heavy atom. The third-order valence-corrected chi connectivity index (χ3v) is 4.70. The van der Waals surface area contributed by atoms with Crippen molar-refractivity contribution >= 4 is 29.1 Å². The van der Waals surface area contributed by atoms with Crippen molar-refractivity contribution < 1.29 is 9.59 Å². The van der Waals surface area contributed by atoms with Crippen LogP contribution in [0.15, 0.2) is 36.9 Å². The lowest BCUT2D eigenvalue weighted by Crippen LogP contribution is -2.51. The van der Waals surface area contributed by atoms with Gasteiger partial charge in [0.15, 0.2) is 0 Å². The predicted octanol–water partition coefficient (Wildman–Crippen LogP) is 0.957. The van der Waals surface area contributed by atoms with E-state index in [9.17, 15) is 9.59 Å². The molecule has 1 fully saturated rings. The topological polar surface area (TPSA) is 83.4 Å². The third-order valence-electron chi connectivity index (χ3n) is 4.45. The first-order chi connectivity index (χ1) is 12.5. The van der Waals surface area contributed by atoms with Crippen LogP contribution in [0.2, 0.25) is 5.02 Å². The van der Waals surface area contributed by atoms with Gasteiger partial charge in [-0.25, -0.2) is 9.67 Å². The fourth-order valence-electron chi connectivity index (χ4n) is 2.83. The van der Waals surface area contributed by atoms with E-state index in [2.05, 4.69) is 20.3 Å². The van der Waals surface area contributed by atoms with Gasteiger partial charge in [0.1, 0.15) is 18.7 Å². The van der Waals surface area contributed by atoms with Crippen molar-refractivity contribution in [3.8, 4) is 0 Å². The summed E-state index contributed by atoms with van der Waals surface area (Å²) in [7, 11) is 0. The Morgan fingerprint density at radius 3 is 2.50 bits per heavy atom. The molecule has 138 valence electrons. The molecule has 0 bridgehead atoms. The molecular weight excluding hydrogens is 356 g/mol. The quantitative estimate of drug-likeness (QED) is 0.840. The smallest absolute Gasteiger partial charge is 0.245 e. The number of piperazine rings is 1. The van der Waals surface area contributed by atoms with Gasteiger partial charge in [0.05, 0.1) is 6.54 Å². The third kappa shape index (κ3) is 4.32. The second-order valence-electron chi connectivity index (χ2n) is 6.11. The molecule has 1 atom stereocenters. The highest BCUT2D eigenvalue weighted by molar-refractivity contribution is 6.30. The molecule has 1 N–H and O–H groups in total. The van der Waals surface area contributed by atoms with Crippen LogP contribution < -0.4 is 10.2 Å². The second-order valence-corrected chi connectivity index (χ2v) is 6.55. The minimum absolute atomic E-state index is 0.0151. The molecule has 1 aromatic carbocycles. The van der Waals surface area contributed by atoms with Crippen LogP contribution in [0.4, 0.5) is 5.69 Å². The van der Waals surface area contributed by atoms with Crippen LogP contribution >= 0.6 is 11.6 Å². The minimum atomic E-state index is -0.507. The van der Waals surface area contributed by atoms with Gasteiger partial charge in [0.2, 0.25) is 11.8 Å². The number of benzene rings is 1. The first-order valence-electron chi connectivity index (χ1n) is 8.44. The van der Waals surface area contributed by atoms with Crippen LogP contribution in [0.1, 0.15) is 13.0 Å². The van der Waals surface area contributed by atoms with E-state index in [1.807, 2.05) is 24.3 Å². The monoisotopic (exact) mass is 376 g/mol. The van der Waals surface area contributed by atoms with Gasteiger partial charge in [-0.15, -0.1) is 0 Å². The lowest BCUT2D eigenvalue weighted by atomic mass is 10.2. The lowest BCUT2D eigenvalue weighted by Gasteiger charge is -2.36. The number of halogens is 1. The van der Waals surface area contributed by atoms with E-state index in [0.29, 0.717) is 18.1 Å². The lowest BCUT2D eigenvalue weighted by molar-refractivity contribution is -0.133. The van der Waals surface area contributed by atoms with Gasteiger partial charge in [-0.3, -0.25) is 9.59 Å². The number of carbonyl (C=O) groups is 2. The maximum atomic E-state index is 12.3. The van der Waals surface area contributed by atoms with Crippen molar-refractivity contribution in [2.24, 2.45) is 0 Å². The predicted molar refractivity (Wildman–Crippen MR) is 98.0 cm³/mol. The molecular formula is C17H21ClN6O2. The Hall–Kier alpha value is -2.61. The maximum Gasteiger partial charge on any atom is 0.245 e. The zero-order chi connectivity index (χ0) is 18.5. The maximum absolute atomic E-state index is 12.3. The second kappa shape index (κ2) is 8.18. The van der Waals surface area contributed by atoms with Gasteiger partial charge in [-0.05, 0) is 31.2 Å². The number of aromatic nitrogens is 3. The summed E-state index contributed by atoms with van der Waals surface area (Å²) in [4.78, 5) is 32.2. The zero-order valence-corrected chi connectivity index (χ0v) is 15.3. The highest BCUT2D eigenvalue weighted by atomic mass is 35.5. The molecule has 2 heterocycles. The summed E-state index contributed by atoms with van der Waals surface area (Å²) >= 11 is 5.92. The number of nitrogens with zero attached hydrogens (tertiary/aromatic N) is 5. The molecule has 3 rings (SSSR count). The van der Waals surface area contributed by atoms with E-state index < -0.39 is 6.04 Å². The van der Waals surface area contributed by atoms with Crippen molar-refractivity contribution in [3.05, 3.63) is 41.9 Å². The van der Waals surface area contributed by atoms with Crippen molar-refractivity contribution in [1.82, 2.24) is 25.0 Å². The Morgan fingerprint density at radius 2 is 1.88 bits per heavy atom. The van der Waals surface area contributed by atoms with Crippen molar-refractivity contribution in [2.75, 3.05) is 37.6 Å². The number of carbonyl (C=O) groups excluding carboxylic acids is 2. The fraction of sp³-hybridized carbons (Fsp3) is 0.412. The largest absolute Gasteiger partial charge is 0.368 e. The van der Waals surface area contributed by atoms with Gasteiger partial charge in [-0.2, -0.15) is 5.10 Å². The van der Waals surface area contributed by atoms with Crippen molar-refractivity contribution in [1.29, 1.82) is 0 Å². The van der Waals surface area contributed by atoms with Gasteiger partial charge < -0.3 is 15.1 Å². The van der Waals surface area contributed by atoms with E-state index in [1.165, 1.54) is 17.3 Å². The number of amides is 2. The van der Waals surface area contributed by atoms with Gasteiger partial charge in [0.25, 0.3) is 0 Å². The van der Waals surface area contributed by atoms with E-state index >= 15 is 0 Å². The Balaban J connectivity index is 1.45. The molecule has 1 aliphatic heterocycles. The first kappa shape index (κ1) is 18.2. The highest BCUT2D eigenvalue weighted by Gasteiger charge is 2.22. The number of nitrogens with one attached hydrogen (secondary N) is 1. The molecule has 1 unspecified atom stereocenters. The van der Waals surface area contributed by atoms with Crippen LogP contribution in [0.3, 0.4) is 0 Å². The Kier molecular flexibility index (Phi) is 5.72. The normalized spacial score (nSPS) is 15.6. The molecule has 0 spiro atoms. The number of rotatable bonds is 5. The molecule has 2 aromatic rings. The molecule has 0 radical (unpaired) electrons. The molecule has 9 heteroatoms. The number of hydrogen-bond donors (Lipinski definition) is 1. The van der Waals surface area contributed by atoms with E-state index in [-0.39, 0.29) is 18.4 Å². The molecule has 0 aliphatic carbocycles. The van der Waals surface area contributed by atoms with Crippen molar-refractivity contribution in [3.63, 3.8) is 0 Å². The molecule has 2 amide bonds. The number of hydrogen-bond acceptors (Lipinski definition) is 5. The average molecular weight is 377 g/mol. The van der Waals surface area contributed by atoms with E-state index in [1.54, 1.807) is 11.8 Å². The molecule has 1 aromatic heterocycles. The molecule has 1 aliphatic rings. The summed E-state index contributed by atoms with van der Waals surface area (Å²) in [5.74, 6) is -0.344. The van der Waals surface area contributed by atoms with Gasteiger partial charge in [0, 0.05) is 36.9 Å². The average Bonchev–Trinajstić information content (AvgIpc) is 3.20. The summed E-state index contributed by atoms with van der Waals surface area (Å²) in [5.41, 5.74) is 1.09. The molecule has 0 saturated carbocycles. The summed E-state index contributed by atoms with van der Waals surface area (Å²) < 4.78 is 1.45. The van der Waals surface area contributed by atoms with E-state index in [0.717, 1.165) is 18.8 Å².